The molecule has 0 aliphatic carbocycles. The zero-order valence-electron chi connectivity index (χ0n) is 13.5. The van der Waals surface area contributed by atoms with Crippen LogP contribution in [0, 0.1) is 13.8 Å². The normalized spacial score (nSPS) is 12.0. The number of hydrogen-bond donors (Lipinski definition) is 1. The summed E-state index contributed by atoms with van der Waals surface area (Å²) in [4.78, 5) is 16.4. The molecule has 22 heavy (non-hydrogen) atoms. The highest BCUT2D eigenvalue weighted by Crippen LogP contribution is 2.17. The third kappa shape index (κ3) is 4.07. The molecule has 2 rings (SSSR count). The van der Waals surface area contributed by atoms with Crippen molar-refractivity contribution in [1.82, 2.24) is 14.8 Å². The van der Waals surface area contributed by atoms with Crippen molar-refractivity contribution in [3.8, 4) is 5.75 Å². The molecule has 1 atom stereocenters. The van der Waals surface area contributed by atoms with E-state index in [2.05, 4.69) is 15.4 Å². The minimum absolute atomic E-state index is 0.0381. The zero-order valence-corrected chi connectivity index (χ0v) is 13.5. The fourth-order valence-electron chi connectivity index (χ4n) is 2.32. The fourth-order valence-corrected chi connectivity index (χ4v) is 2.32. The Kier molecular flexibility index (Phi) is 5.14. The lowest BCUT2D eigenvalue weighted by molar-refractivity contribution is -0.116. The predicted molar refractivity (Wildman–Crippen MR) is 85.1 cm³/mol. The maximum absolute atomic E-state index is 12.1. The van der Waals surface area contributed by atoms with E-state index in [1.165, 1.54) is 0 Å². The number of carbonyl (C=O) groups is 1. The minimum atomic E-state index is -0.0517. The van der Waals surface area contributed by atoms with Gasteiger partial charge < -0.3 is 10.1 Å². The predicted octanol–water partition coefficient (Wildman–Crippen LogP) is 2.88. The maximum atomic E-state index is 12.1. The molecule has 0 aliphatic rings. The van der Waals surface area contributed by atoms with Gasteiger partial charge in [-0.1, -0.05) is 0 Å². The molecule has 118 valence electrons. The van der Waals surface area contributed by atoms with Crippen molar-refractivity contribution >= 4 is 11.6 Å². The molecule has 1 amide bonds. The van der Waals surface area contributed by atoms with Gasteiger partial charge in [-0.3, -0.25) is 4.79 Å². The van der Waals surface area contributed by atoms with Gasteiger partial charge in [-0.05, 0) is 52.0 Å². The number of benzene rings is 1. The number of aromatic nitrogens is 3. The number of nitrogens with zero attached hydrogens (tertiary/aromatic N) is 3. The Bertz CT molecular complexity index is 634. The molecular weight excluding hydrogens is 280 g/mol. The van der Waals surface area contributed by atoms with E-state index < -0.39 is 0 Å². The van der Waals surface area contributed by atoms with E-state index in [-0.39, 0.29) is 11.9 Å². The largest absolute Gasteiger partial charge is 0.494 e. The summed E-state index contributed by atoms with van der Waals surface area (Å²) in [5.74, 6) is 2.28. The van der Waals surface area contributed by atoms with E-state index in [1.54, 1.807) is 4.68 Å². The van der Waals surface area contributed by atoms with Crippen LogP contribution < -0.4 is 10.1 Å². The van der Waals surface area contributed by atoms with Gasteiger partial charge in [0.1, 0.15) is 17.4 Å². The van der Waals surface area contributed by atoms with Crippen molar-refractivity contribution in [2.45, 2.75) is 40.2 Å². The van der Waals surface area contributed by atoms with Crippen molar-refractivity contribution in [2.24, 2.45) is 0 Å². The fraction of sp³-hybridized carbons (Fsp3) is 0.438. The average Bonchev–Trinajstić information content (AvgIpc) is 2.80. The smallest absolute Gasteiger partial charge is 0.226 e. The van der Waals surface area contributed by atoms with Crippen LogP contribution >= 0.6 is 0 Å². The number of nitrogens with one attached hydrogen (secondary N) is 1. The molecule has 0 aliphatic heterocycles. The van der Waals surface area contributed by atoms with Crippen LogP contribution in [0.1, 0.15) is 38.0 Å². The van der Waals surface area contributed by atoms with Crippen molar-refractivity contribution < 1.29 is 9.53 Å². The molecule has 0 saturated carbocycles. The van der Waals surface area contributed by atoms with Gasteiger partial charge >= 0.3 is 0 Å². The quantitative estimate of drug-likeness (QED) is 0.891. The van der Waals surface area contributed by atoms with E-state index in [0.717, 1.165) is 23.1 Å². The van der Waals surface area contributed by atoms with E-state index in [0.29, 0.717) is 13.0 Å². The highest BCUT2D eigenvalue weighted by molar-refractivity contribution is 5.90. The van der Waals surface area contributed by atoms with Crippen LogP contribution in [0.2, 0.25) is 0 Å². The van der Waals surface area contributed by atoms with E-state index >= 15 is 0 Å². The van der Waals surface area contributed by atoms with Gasteiger partial charge in [0.2, 0.25) is 5.91 Å². The SMILES string of the molecule is CCOc1ccc(NC(=O)C[C@@H](C)n2nc(C)nc2C)cc1. The number of ether oxygens (including phenoxy) is 1. The molecule has 1 aromatic heterocycles. The first-order chi connectivity index (χ1) is 10.5. The lowest BCUT2D eigenvalue weighted by atomic mass is 10.2. The van der Waals surface area contributed by atoms with Crippen LogP contribution in [-0.2, 0) is 4.79 Å². The summed E-state index contributed by atoms with van der Waals surface area (Å²) in [5.41, 5.74) is 0.757. The Labute approximate surface area is 130 Å². The summed E-state index contributed by atoms with van der Waals surface area (Å²) >= 11 is 0. The average molecular weight is 302 g/mol. The maximum Gasteiger partial charge on any atom is 0.226 e. The summed E-state index contributed by atoms with van der Waals surface area (Å²) in [6, 6.07) is 7.31. The van der Waals surface area contributed by atoms with Crippen LogP contribution in [0.3, 0.4) is 0 Å². The number of carbonyl (C=O) groups excluding carboxylic acids is 1. The number of aryl methyl sites for hydroxylation is 2. The van der Waals surface area contributed by atoms with Crippen LogP contribution in [0.15, 0.2) is 24.3 Å². The third-order valence-electron chi connectivity index (χ3n) is 3.26. The monoisotopic (exact) mass is 302 g/mol. The Hall–Kier alpha value is -2.37. The van der Waals surface area contributed by atoms with Crippen LogP contribution in [0.25, 0.3) is 0 Å². The second-order valence-electron chi connectivity index (χ2n) is 5.21. The van der Waals surface area contributed by atoms with Crippen LogP contribution in [-0.4, -0.2) is 27.3 Å². The van der Waals surface area contributed by atoms with Gasteiger partial charge in [0, 0.05) is 12.1 Å². The van der Waals surface area contributed by atoms with E-state index in [4.69, 9.17) is 4.74 Å². The van der Waals surface area contributed by atoms with Gasteiger partial charge in [0.25, 0.3) is 0 Å². The van der Waals surface area contributed by atoms with Crippen LogP contribution in [0.5, 0.6) is 5.75 Å². The first-order valence-electron chi connectivity index (χ1n) is 7.42. The highest BCUT2D eigenvalue weighted by Gasteiger charge is 2.14. The molecule has 0 radical (unpaired) electrons. The summed E-state index contributed by atoms with van der Waals surface area (Å²) in [7, 11) is 0. The second kappa shape index (κ2) is 7.06. The first-order valence-corrected chi connectivity index (χ1v) is 7.42. The number of anilines is 1. The molecule has 6 nitrogen and oxygen atoms in total. The zero-order chi connectivity index (χ0) is 16.1. The molecule has 1 aromatic carbocycles. The lowest BCUT2D eigenvalue weighted by Crippen LogP contribution is -2.19. The van der Waals surface area contributed by atoms with Gasteiger partial charge in [-0.2, -0.15) is 5.10 Å². The Balaban J connectivity index is 1.93. The lowest BCUT2D eigenvalue weighted by Gasteiger charge is -2.13. The Morgan fingerprint density at radius 3 is 2.55 bits per heavy atom. The summed E-state index contributed by atoms with van der Waals surface area (Å²) in [5, 5.41) is 7.19. The van der Waals surface area contributed by atoms with Crippen molar-refractivity contribution in [3.05, 3.63) is 35.9 Å². The Morgan fingerprint density at radius 2 is 2.00 bits per heavy atom. The van der Waals surface area contributed by atoms with E-state index in [9.17, 15) is 4.79 Å². The molecule has 0 spiro atoms. The molecular formula is C16H22N4O2. The molecule has 0 fully saturated rings. The van der Waals surface area contributed by atoms with Gasteiger partial charge in [-0.15, -0.1) is 0 Å². The topological polar surface area (TPSA) is 69.0 Å². The summed E-state index contributed by atoms with van der Waals surface area (Å²) in [6.45, 7) is 8.25. The second-order valence-corrected chi connectivity index (χ2v) is 5.21. The van der Waals surface area contributed by atoms with Crippen LogP contribution in [0.4, 0.5) is 5.69 Å². The molecule has 1 heterocycles. The van der Waals surface area contributed by atoms with Gasteiger partial charge in [-0.25, -0.2) is 9.67 Å². The molecule has 1 N–H and O–H groups in total. The number of amides is 1. The molecule has 6 heteroatoms. The van der Waals surface area contributed by atoms with Gasteiger partial charge in [0.05, 0.1) is 12.6 Å². The summed E-state index contributed by atoms with van der Waals surface area (Å²) < 4.78 is 7.16. The molecule has 0 bridgehead atoms. The number of hydrogen-bond acceptors (Lipinski definition) is 4. The van der Waals surface area contributed by atoms with Crippen molar-refractivity contribution in [3.63, 3.8) is 0 Å². The Morgan fingerprint density at radius 1 is 1.32 bits per heavy atom. The highest BCUT2D eigenvalue weighted by atomic mass is 16.5. The van der Waals surface area contributed by atoms with E-state index in [1.807, 2.05) is 52.0 Å². The van der Waals surface area contributed by atoms with Gasteiger partial charge in [0.15, 0.2) is 0 Å². The molecule has 0 saturated heterocycles. The molecule has 2 aromatic rings. The standard InChI is InChI=1S/C16H22N4O2/c1-5-22-15-8-6-14(7-9-15)18-16(21)10-11(2)20-13(4)17-12(3)19-20/h6-9,11H,5,10H2,1-4H3,(H,18,21)/t11-/m1/s1. The van der Waals surface area contributed by atoms with Crippen molar-refractivity contribution in [2.75, 3.05) is 11.9 Å². The van der Waals surface area contributed by atoms with Crippen molar-refractivity contribution in [1.29, 1.82) is 0 Å². The number of rotatable bonds is 6. The first kappa shape index (κ1) is 16.0. The molecule has 0 unspecified atom stereocenters. The third-order valence-corrected chi connectivity index (χ3v) is 3.26. The summed E-state index contributed by atoms with van der Waals surface area (Å²) in [6.07, 6.45) is 0.344. The minimum Gasteiger partial charge on any atom is -0.494 e.